The van der Waals surface area contributed by atoms with Crippen LogP contribution in [0.15, 0.2) is 0 Å². The summed E-state index contributed by atoms with van der Waals surface area (Å²) in [5, 5.41) is 0.184. The van der Waals surface area contributed by atoms with Crippen molar-refractivity contribution in [3.05, 3.63) is 0 Å². The molecular formula is C10H20OSi. The Kier molecular flexibility index (Phi) is 3.00. The molecule has 1 unspecified atom stereocenters. The van der Waals surface area contributed by atoms with Crippen LogP contribution >= 0.6 is 0 Å². The van der Waals surface area contributed by atoms with Crippen molar-refractivity contribution in [1.29, 1.82) is 0 Å². The highest BCUT2D eigenvalue weighted by atomic mass is 28.2. The van der Waals surface area contributed by atoms with Crippen LogP contribution in [-0.2, 0) is 0 Å². The van der Waals surface area contributed by atoms with E-state index < -0.39 is 0 Å². The van der Waals surface area contributed by atoms with Crippen molar-refractivity contribution >= 4 is 9.76 Å². The maximum atomic E-state index is 9.44. The van der Waals surface area contributed by atoms with E-state index >= 15 is 0 Å². The van der Waals surface area contributed by atoms with E-state index in [0.29, 0.717) is 5.41 Å². The van der Waals surface area contributed by atoms with E-state index in [9.17, 15) is 4.80 Å². The van der Waals surface area contributed by atoms with E-state index in [-0.39, 0.29) is 14.8 Å². The second-order valence-corrected chi connectivity index (χ2v) is 6.22. The molecule has 0 saturated heterocycles. The quantitative estimate of drug-likeness (QED) is 0.491. The molecule has 0 spiro atoms. The summed E-state index contributed by atoms with van der Waals surface area (Å²) in [5.74, 6) is 0. The fraction of sp³-hybridized carbons (Fsp3) is 1.00. The zero-order valence-corrected chi connectivity index (χ0v) is 9.48. The lowest BCUT2D eigenvalue weighted by Crippen LogP contribution is -2.33. The lowest BCUT2D eigenvalue weighted by atomic mass is 9.75. The third-order valence-electron chi connectivity index (χ3n) is 3.72. The van der Waals surface area contributed by atoms with Gasteiger partial charge in [-0.05, 0) is 23.3 Å². The molecule has 1 rings (SSSR count). The molecule has 1 atom stereocenters. The molecule has 0 aliphatic heterocycles. The smallest absolute Gasteiger partial charge is 0.231 e. The van der Waals surface area contributed by atoms with Crippen LogP contribution in [0.25, 0.3) is 0 Å². The maximum Gasteiger partial charge on any atom is 0.231 e. The van der Waals surface area contributed by atoms with E-state index in [2.05, 4.69) is 20.8 Å². The number of hydrogen-bond acceptors (Lipinski definition) is 1. The summed E-state index contributed by atoms with van der Waals surface area (Å²) in [6.45, 7) is 6.86. The van der Waals surface area contributed by atoms with E-state index in [1.54, 1.807) is 0 Å². The maximum absolute atomic E-state index is 9.44. The normalized spacial score (nSPS) is 36.0. The second kappa shape index (κ2) is 3.50. The predicted octanol–water partition coefficient (Wildman–Crippen LogP) is 2.77. The molecule has 1 N–H and O–H groups in total. The minimum Gasteiger partial charge on any atom is -0.431 e. The molecule has 0 amide bonds. The summed E-state index contributed by atoms with van der Waals surface area (Å²) < 4.78 is 0. The molecule has 2 heteroatoms. The Hall–Kier alpha value is 0.177. The van der Waals surface area contributed by atoms with Gasteiger partial charge in [0.15, 0.2) is 0 Å². The molecule has 1 nitrogen and oxygen atoms in total. The van der Waals surface area contributed by atoms with Gasteiger partial charge in [0.1, 0.15) is 0 Å². The van der Waals surface area contributed by atoms with Crippen molar-refractivity contribution in [1.82, 2.24) is 0 Å². The Morgan fingerprint density at radius 2 is 1.58 bits per heavy atom. The van der Waals surface area contributed by atoms with Gasteiger partial charge in [0.2, 0.25) is 9.76 Å². The third-order valence-corrected chi connectivity index (χ3v) is 5.14. The summed E-state index contributed by atoms with van der Waals surface area (Å²) in [6.07, 6.45) is 6.47. The van der Waals surface area contributed by atoms with Gasteiger partial charge in [0.25, 0.3) is 0 Å². The van der Waals surface area contributed by atoms with E-state index in [4.69, 9.17) is 0 Å². The van der Waals surface area contributed by atoms with Crippen LogP contribution in [-0.4, -0.2) is 14.6 Å². The molecule has 0 bridgehead atoms. The fourth-order valence-corrected chi connectivity index (χ4v) is 2.76. The van der Waals surface area contributed by atoms with Crippen molar-refractivity contribution in [3.63, 3.8) is 0 Å². The van der Waals surface area contributed by atoms with Crippen LogP contribution < -0.4 is 0 Å². The Balaban J connectivity index is 2.78. The topological polar surface area (TPSA) is 20.2 Å². The van der Waals surface area contributed by atoms with Crippen LogP contribution in [0, 0.1) is 5.41 Å². The van der Waals surface area contributed by atoms with Crippen LogP contribution in [0.2, 0.25) is 5.04 Å². The molecule has 1 saturated carbocycles. The average Bonchev–Trinajstić information content (AvgIpc) is 2.13. The van der Waals surface area contributed by atoms with Crippen molar-refractivity contribution < 1.29 is 4.80 Å². The van der Waals surface area contributed by atoms with Crippen molar-refractivity contribution in [2.24, 2.45) is 5.41 Å². The van der Waals surface area contributed by atoms with Crippen molar-refractivity contribution in [3.8, 4) is 0 Å². The minimum absolute atomic E-state index is 0.107. The van der Waals surface area contributed by atoms with Crippen LogP contribution in [0.5, 0.6) is 0 Å². The van der Waals surface area contributed by atoms with Crippen molar-refractivity contribution in [2.75, 3.05) is 0 Å². The SMILES string of the molecule is CC1(C)CCCCCC1(C)[Si]O. The summed E-state index contributed by atoms with van der Waals surface area (Å²) in [5.41, 5.74) is 0.330. The van der Waals surface area contributed by atoms with Gasteiger partial charge in [-0.1, -0.05) is 40.0 Å². The highest BCUT2D eigenvalue weighted by molar-refractivity contribution is 6.30. The molecule has 0 aromatic rings. The molecule has 70 valence electrons. The molecule has 1 fully saturated rings. The first-order valence-corrected chi connectivity index (χ1v) is 5.88. The van der Waals surface area contributed by atoms with Gasteiger partial charge in [-0.15, -0.1) is 0 Å². The summed E-state index contributed by atoms with van der Waals surface area (Å²) in [6, 6.07) is 0. The zero-order valence-electron chi connectivity index (χ0n) is 8.48. The molecule has 2 radical (unpaired) electrons. The molecule has 0 aromatic carbocycles. The summed E-state index contributed by atoms with van der Waals surface area (Å²) in [4.78, 5) is 9.44. The lowest BCUT2D eigenvalue weighted by molar-refractivity contribution is 0.216. The fourth-order valence-electron chi connectivity index (χ4n) is 2.04. The van der Waals surface area contributed by atoms with Gasteiger partial charge in [0, 0.05) is 0 Å². The summed E-state index contributed by atoms with van der Waals surface area (Å²) in [7, 11) is 0.107. The van der Waals surface area contributed by atoms with Crippen molar-refractivity contribution in [2.45, 2.75) is 57.9 Å². The highest BCUT2D eigenvalue weighted by Crippen LogP contribution is 2.53. The first-order valence-electron chi connectivity index (χ1n) is 4.93. The van der Waals surface area contributed by atoms with Gasteiger partial charge in [-0.25, -0.2) is 0 Å². The zero-order chi connectivity index (χ0) is 9.24. The van der Waals surface area contributed by atoms with Gasteiger partial charge in [-0.3, -0.25) is 0 Å². The van der Waals surface area contributed by atoms with Gasteiger partial charge < -0.3 is 4.80 Å². The Labute approximate surface area is 78.5 Å². The molecular weight excluding hydrogens is 164 g/mol. The average molecular weight is 184 g/mol. The Morgan fingerprint density at radius 1 is 1.00 bits per heavy atom. The second-order valence-electron chi connectivity index (χ2n) is 4.89. The first kappa shape index (κ1) is 10.3. The monoisotopic (exact) mass is 184 g/mol. The van der Waals surface area contributed by atoms with Crippen LogP contribution in [0.1, 0.15) is 52.9 Å². The van der Waals surface area contributed by atoms with Gasteiger partial charge >= 0.3 is 0 Å². The molecule has 0 aromatic heterocycles. The molecule has 1 aliphatic rings. The van der Waals surface area contributed by atoms with E-state index in [0.717, 1.165) is 0 Å². The minimum atomic E-state index is 0.107. The van der Waals surface area contributed by atoms with Gasteiger partial charge in [0.05, 0.1) is 0 Å². The van der Waals surface area contributed by atoms with E-state index in [1.165, 1.54) is 32.1 Å². The van der Waals surface area contributed by atoms with E-state index in [1.807, 2.05) is 0 Å². The Morgan fingerprint density at radius 3 is 2.17 bits per heavy atom. The standard InChI is InChI=1S/C10H20OSi/c1-9(2)7-5-4-6-8-10(9,3)12-11/h11H,4-8H2,1-3H3. The predicted molar refractivity (Wildman–Crippen MR) is 53.2 cm³/mol. The molecule has 1 aliphatic carbocycles. The van der Waals surface area contributed by atoms with Crippen LogP contribution in [0.3, 0.4) is 0 Å². The first-order chi connectivity index (χ1) is 5.52. The third kappa shape index (κ3) is 1.74. The number of rotatable bonds is 1. The molecule has 0 heterocycles. The largest absolute Gasteiger partial charge is 0.431 e. The highest BCUT2D eigenvalue weighted by Gasteiger charge is 2.41. The molecule has 12 heavy (non-hydrogen) atoms. The summed E-state index contributed by atoms with van der Waals surface area (Å²) >= 11 is 0. The Bertz CT molecular complexity index is 156. The van der Waals surface area contributed by atoms with Crippen LogP contribution in [0.4, 0.5) is 0 Å². The van der Waals surface area contributed by atoms with Gasteiger partial charge in [-0.2, -0.15) is 0 Å². The lowest BCUT2D eigenvalue weighted by Gasteiger charge is -2.41. The number of hydrogen-bond donors (Lipinski definition) is 1.